The Labute approximate surface area is 255 Å². The molecule has 1 unspecified atom stereocenters. The normalized spacial score (nSPS) is 23.8. The molecule has 0 spiro atoms. The van der Waals surface area contributed by atoms with Crippen molar-refractivity contribution >= 4 is 35.5 Å². The maximum absolute atomic E-state index is 14.3. The minimum atomic E-state index is -1.00. The molecule has 0 bridgehead atoms. The molecule has 0 aromatic rings. The molecular weight excluding hydrogens is 554 g/mol. The Kier molecular flexibility index (Phi) is 10.9. The summed E-state index contributed by atoms with van der Waals surface area (Å²) in [7, 11) is 1.21. The molecule has 1 heterocycles. The van der Waals surface area contributed by atoms with E-state index in [1.165, 1.54) is 7.11 Å². The van der Waals surface area contributed by atoms with Gasteiger partial charge in [0.25, 0.3) is 5.91 Å². The fourth-order valence-electron chi connectivity index (χ4n) is 6.22. The smallest absolute Gasteiger partial charge is 0.407 e. The van der Waals surface area contributed by atoms with Gasteiger partial charge < -0.3 is 30.9 Å². The third kappa shape index (κ3) is 8.47. The lowest BCUT2D eigenvalue weighted by Crippen LogP contribution is -2.63. The van der Waals surface area contributed by atoms with Crippen LogP contribution in [0.15, 0.2) is 0 Å². The van der Waals surface area contributed by atoms with Gasteiger partial charge in [0.15, 0.2) is 0 Å². The number of rotatable bonds is 11. The van der Waals surface area contributed by atoms with E-state index in [1.54, 1.807) is 25.7 Å². The number of ketones is 1. The fourth-order valence-corrected chi connectivity index (χ4v) is 6.22. The molecular formula is C31H51N5O7. The van der Waals surface area contributed by atoms with Crippen molar-refractivity contribution in [1.82, 2.24) is 26.2 Å². The van der Waals surface area contributed by atoms with Crippen molar-refractivity contribution in [3.8, 4) is 0 Å². The predicted molar refractivity (Wildman–Crippen MR) is 160 cm³/mol. The topological polar surface area (TPSA) is 163 Å². The van der Waals surface area contributed by atoms with Gasteiger partial charge in [0, 0.05) is 12.6 Å². The SMILES string of the molecule is CCC[C@H](NC(=O)[C@@H]1C2CCC[C@H]2CN1C(=O)[C@@H](NC(=O)[C@@H](NC(=O)OC)C(C)(C)C)C(C)(C)C)C(=O)C(=O)NC1CC1. The average Bonchev–Trinajstić information content (AvgIpc) is 3.48. The van der Waals surface area contributed by atoms with Crippen LogP contribution in [0.3, 0.4) is 0 Å². The summed E-state index contributed by atoms with van der Waals surface area (Å²) in [4.78, 5) is 80.9. The number of nitrogens with zero attached hydrogens (tertiary/aromatic N) is 1. The van der Waals surface area contributed by atoms with Crippen molar-refractivity contribution in [2.75, 3.05) is 13.7 Å². The van der Waals surface area contributed by atoms with E-state index in [9.17, 15) is 28.8 Å². The Morgan fingerprint density at radius 2 is 1.49 bits per heavy atom. The molecule has 1 saturated heterocycles. The summed E-state index contributed by atoms with van der Waals surface area (Å²) in [5.41, 5.74) is -1.43. The van der Waals surface area contributed by atoms with Gasteiger partial charge in [0.05, 0.1) is 13.2 Å². The first-order chi connectivity index (χ1) is 20.0. The maximum atomic E-state index is 14.3. The van der Waals surface area contributed by atoms with Crippen LogP contribution in [0, 0.1) is 22.7 Å². The second kappa shape index (κ2) is 13.6. The van der Waals surface area contributed by atoms with E-state index < -0.39 is 70.5 Å². The van der Waals surface area contributed by atoms with E-state index >= 15 is 0 Å². The zero-order valence-electron chi connectivity index (χ0n) is 27.0. The van der Waals surface area contributed by atoms with Gasteiger partial charge in [-0.3, -0.25) is 24.0 Å². The van der Waals surface area contributed by atoms with E-state index in [1.807, 2.05) is 27.7 Å². The van der Waals surface area contributed by atoms with Crippen LogP contribution >= 0.6 is 0 Å². The molecule has 3 fully saturated rings. The number of carbonyl (C=O) groups excluding carboxylic acids is 6. The van der Waals surface area contributed by atoms with Crippen LogP contribution in [0.4, 0.5) is 4.79 Å². The molecule has 1 aliphatic heterocycles. The summed E-state index contributed by atoms with van der Waals surface area (Å²) in [6, 6.07) is -3.79. The van der Waals surface area contributed by atoms with Crippen molar-refractivity contribution in [2.24, 2.45) is 22.7 Å². The van der Waals surface area contributed by atoms with Crippen LogP contribution in [-0.4, -0.2) is 84.3 Å². The van der Waals surface area contributed by atoms with Crippen molar-refractivity contribution in [3.05, 3.63) is 0 Å². The minimum Gasteiger partial charge on any atom is -0.453 e. The predicted octanol–water partition coefficient (Wildman–Crippen LogP) is 2.05. The van der Waals surface area contributed by atoms with Gasteiger partial charge >= 0.3 is 6.09 Å². The molecule has 0 aromatic heterocycles. The number of nitrogens with one attached hydrogen (secondary N) is 4. The Morgan fingerprint density at radius 3 is 2.02 bits per heavy atom. The molecule has 0 aromatic carbocycles. The number of hydrogen-bond donors (Lipinski definition) is 4. The van der Waals surface area contributed by atoms with Crippen LogP contribution in [0.5, 0.6) is 0 Å². The van der Waals surface area contributed by atoms with Gasteiger partial charge in [0.1, 0.15) is 18.1 Å². The summed E-state index contributed by atoms with van der Waals surface area (Å²) >= 11 is 0. The van der Waals surface area contributed by atoms with Crippen molar-refractivity contribution in [1.29, 1.82) is 0 Å². The van der Waals surface area contributed by atoms with E-state index in [0.717, 1.165) is 32.1 Å². The molecule has 12 heteroatoms. The number of carbonyl (C=O) groups is 6. The van der Waals surface area contributed by atoms with Crippen molar-refractivity contribution in [3.63, 3.8) is 0 Å². The number of amides is 5. The van der Waals surface area contributed by atoms with Crippen LogP contribution in [-0.2, 0) is 28.7 Å². The number of alkyl carbamates (subject to hydrolysis) is 1. The second-order valence-electron chi connectivity index (χ2n) is 14.5. The van der Waals surface area contributed by atoms with E-state index in [2.05, 4.69) is 21.3 Å². The van der Waals surface area contributed by atoms with Crippen LogP contribution in [0.1, 0.15) is 93.4 Å². The van der Waals surface area contributed by atoms with Crippen LogP contribution in [0.25, 0.3) is 0 Å². The third-order valence-corrected chi connectivity index (χ3v) is 8.76. The number of fused-ring (bicyclic) bond motifs is 1. The summed E-state index contributed by atoms with van der Waals surface area (Å²) in [5, 5.41) is 11.0. The lowest BCUT2D eigenvalue weighted by atomic mass is 9.83. The van der Waals surface area contributed by atoms with Crippen LogP contribution in [0.2, 0.25) is 0 Å². The highest BCUT2D eigenvalue weighted by molar-refractivity contribution is 6.38. The monoisotopic (exact) mass is 605 g/mol. The highest BCUT2D eigenvalue weighted by Gasteiger charge is 2.52. The molecule has 3 aliphatic rings. The molecule has 5 amide bonds. The maximum Gasteiger partial charge on any atom is 0.407 e. The third-order valence-electron chi connectivity index (χ3n) is 8.76. The first kappa shape index (κ1) is 34.3. The Bertz CT molecular complexity index is 1090. The van der Waals surface area contributed by atoms with E-state index in [0.29, 0.717) is 19.4 Å². The summed E-state index contributed by atoms with van der Waals surface area (Å²) in [6.45, 7) is 13.1. The van der Waals surface area contributed by atoms with Crippen molar-refractivity contribution < 1.29 is 33.5 Å². The Morgan fingerprint density at radius 1 is 0.860 bits per heavy atom. The van der Waals surface area contributed by atoms with E-state index in [-0.39, 0.29) is 17.9 Å². The first-order valence-electron chi connectivity index (χ1n) is 15.6. The first-order valence-corrected chi connectivity index (χ1v) is 15.6. The zero-order chi connectivity index (χ0) is 32.3. The summed E-state index contributed by atoms with van der Waals surface area (Å²) < 4.78 is 4.71. The number of methoxy groups -OCH3 is 1. The molecule has 6 atom stereocenters. The molecule has 0 radical (unpaired) electrons. The number of Topliss-reactive ketones (excluding diaryl/α,β-unsaturated/α-hetero) is 1. The molecule has 43 heavy (non-hydrogen) atoms. The van der Waals surface area contributed by atoms with Crippen molar-refractivity contribution in [2.45, 2.75) is 124 Å². The van der Waals surface area contributed by atoms with Crippen LogP contribution < -0.4 is 21.3 Å². The second-order valence-corrected chi connectivity index (χ2v) is 14.5. The summed E-state index contributed by atoms with van der Waals surface area (Å²) in [5.74, 6) is -2.71. The molecule has 242 valence electrons. The fraction of sp³-hybridized carbons (Fsp3) is 0.806. The Hall–Kier alpha value is -3.18. The molecule has 2 aliphatic carbocycles. The molecule has 2 saturated carbocycles. The molecule has 12 nitrogen and oxygen atoms in total. The lowest BCUT2D eigenvalue weighted by Gasteiger charge is -2.38. The number of likely N-dealkylation sites (tertiary alicyclic amines) is 1. The van der Waals surface area contributed by atoms with Gasteiger partial charge in [-0.1, -0.05) is 61.3 Å². The largest absolute Gasteiger partial charge is 0.453 e. The number of hydrogen-bond acceptors (Lipinski definition) is 7. The lowest BCUT2D eigenvalue weighted by molar-refractivity contribution is -0.146. The Balaban J connectivity index is 1.85. The average molecular weight is 606 g/mol. The van der Waals surface area contributed by atoms with E-state index in [4.69, 9.17) is 4.74 Å². The highest BCUT2D eigenvalue weighted by Crippen LogP contribution is 2.43. The zero-order valence-corrected chi connectivity index (χ0v) is 27.0. The van der Waals surface area contributed by atoms with Gasteiger partial charge in [-0.15, -0.1) is 0 Å². The van der Waals surface area contributed by atoms with Gasteiger partial charge in [0.2, 0.25) is 23.5 Å². The van der Waals surface area contributed by atoms with Gasteiger partial charge in [-0.25, -0.2) is 4.79 Å². The van der Waals surface area contributed by atoms with Gasteiger partial charge in [-0.2, -0.15) is 0 Å². The number of ether oxygens (including phenoxy) is 1. The quantitative estimate of drug-likeness (QED) is 0.262. The summed E-state index contributed by atoms with van der Waals surface area (Å²) in [6.07, 6.45) is 4.39. The molecule has 3 rings (SSSR count). The molecule has 4 N–H and O–H groups in total. The minimum absolute atomic E-state index is 0.0156. The highest BCUT2D eigenvalue weighted by atomic mass is 16.5. The van der Waals surface area contributed by atoms with Gasteiger partial charge in [-0.05, 0) is 54.8 Å². The standard InChI is InChI=1S/C31H51N5O7/c1-9-11-20(22(37)26(39)32-18-14-15-18)33-25(38)21-19-13-10-12-17(19)16-36(21)28(41)24(31(5,6)7)34-27(40)23(30(2,3)4)35-29(42)43-8/h17-21,23-24H,9-16H2,1-8H3,(H,32,39)(H,33,38)(H,34,40)(H,35,42)/t17-,19?,20-,21-,23+,24+/m0/s1.